The van der Waals surface area contributed by atoms with E-state index in [1.54, 1.807) is 19.2 Å². The maximum Gasteiger partial charge on any atom is 0.142 e. The lowest BCUT2D eigenvalue weighted by Crippen LogP contribution is -2.20. The summed E-state index contributed by atoms with van der Waals surface area (Å²) in [5.74, 6) is 0. The average Bonchev–Trinajstić information content (AvgIpc) is 2.17. The van der Waals surface area contributed by atoms with Gasteiger partial charge in [0.25, 0.3) is 0 Å². The zero-order valence-electron chi connectivity index (χ0n) is 8.34. The van der Waals surface area contributed by atoms with Crippen LogP contribution in [0.5, 0.6) is 0 Å². The second-order valence-corrected chi connectivity index (χ2v) is 3.72. The number of nitriles is 1. The quantitative estimate of drug-likeness (QED) is 0.705. The van der Waals surface area contributed by atoms with E-state index in [0.717, 1.165) is 5.56 Å². The van der Waals surface area contributed by atoms with Crippen molar-refractivity contribution >= 4 is 11.6 Å². The fraction of sp³-hybridized carbons (Fsp3) is 0.400. The van der Waals surface area contributed by atoms with E-state index in [-0.39, 0.29) is 0 Å². The molecule has 0 aliphatic rings. The Hall–Kier alpha value is -1.11. The molecule has 3 nitrogen and oxygen atoms in total. The van der Waals surface area contributed by atoms with Crippen molar-refractivity contribution in [1.82, 2.24) is 4.98 Å². The minimum Gasteiger partial charge on any atom is -0.374 e. The predicted molar refractivity (Wildman–Crippen MR) is 54.0 cm³/mol. The molecule has 0 aromatic carbocycles. The average molecular weight is 211 g/mol. The molecular weight excluding hydrogens is 200 g/mol. The molecule has 0 aliphatic heterocycles. The highest BCUT2D eigenvalue weighted by atomic mass is 35.5. The van der Waals surface area contributed by atoms with Crippen LogP contribution in [0.3, 0.4) is 0 Å². The van der Waals surface area contributed by atoms with Gasteiger partial charge in [-0.25, -0.2) is 4.98 Å². The number of hydrogen-bond donors (Lipinski definition) is 0. The van der Waals surface area contributed by atoms with E-state index in [1.807, 2.05) is 19.9 Å². The molecule has 0 aliphatic carbocycles. The predicted octanol–water partition coefficient (Wildman–Crippen LogP) is 2.49. The molecule has 4 heteroatoms. The van der Waals surface area contributed by atoms with Crippen molar-refractivity contribution in [3.63, 3.8) is 0 Å². The van der Waals surface area contributed by atoms with Crippen LogP contribution in [0.1, 0.15) is 25.1 Å². The van der Waals surface area contributed by atoms with Crippen LogP contribution < -0.4 is 0 Å². The molecule has 0 atom stereocenters. The molecule has 0 unspecified atom stereocenters. The van der Waals surface area contributed by atoms with Crippen molar-refractivity contribution in [1.29, 1.82) is 5.26 Å². The molecule has 0 saturated heterocycles. The molecule has 0 N–H and O–H groups in total. The molecule has 0 spiro atoms. The number of ether oxygens (including phenoxy) is 1. The summed E-state index contributed by atoms with van der Waals surface area (Å²) in [4.78, 5) is 3.93. The molecule has 14 heavy (non-hydrogen) atoms. The molecule has 1 aromatic heterocycles. The lowest BCUT2D eigenvalue weighted by atomic mass is 10.00. The van der Waals surface area contributed by atoms with E-state index in [1.165, 1.54) is 0 Å². The highest BCUT2D eigenvalue weighted by Crippen LogP contribution is 2.28. The van der Waals surface area contributed by atoms with Crippen LogP contribution in [0.25, 0.3) is 0 Å². The van der Waals surface area contributed by atoms with Gasteiger partial charge >= 0.3 is 0 Å². The fourth-order valence-corrected chi connectivity index (χ4v) is 1.44. The number of aromatic nitrogens is 1. The first-order valence-corrected chi connectivity index (χ1v) is 4.51. The Bertz CT molecular complexity index is 382. The molecule has 0 bridgehead atoms. The van der Waals surface area contributed by atoms with Crippen LogP contribution >= 0.6 is 11.6 Å². The summed E-state index contributed by atoms with van der Waals surface area (Å²) in [7, 11) is 1.61. The van der Waals surface area contributed by atoms with Crippen LogP contribution in [0.2, 0.25) is 5.15 Å². The van der Waals surface area contributed by atoms with Crippen molar-refractivity contribution in [2.75, 3.05) is 7.11 Å². The Morgan fingerprint density at radius 2 is 2.14 bits per heavy atom. The van der Waals surface area contributed by atoms with Crippen molar-refractivity contribution in [3.05, 3.63) is 28.5 Å². The summed E-state index contributed by atoms with van der Waals surface area (Å²) < 4.78 is 5.27. The van der Waals surface area contributed by atoms with Gasteiger partial charge in [0.05, 0.1) is 5.60 Å². The maximum atomic E-state index is 8.61. The third-order valence-electron chi connectivity index (χ3n) is 2.12. The van der Waals surface area contributed by atoms with Gasteiger partial charge in [-0.3, -0.25) is 0 Å². The van der Waals surface area contributed by atoms with E-state index in [9.17, 15) is 0 Å². The van der Waals surface area contributed by atoms with Crippen molar-refractivity contribution < 1.29 is 4.74 Å². The molecule has 0 fully saturated rings. The Balaban J connectivity index is 3.20. The molecular formula is C10H11ClN2O. The molecule has 1 aromatic rings. The maximum absolute atomic E-state index is 8.61. The smallest absolute Gasteiger partial charge is 0.142 e. The normalized spacial score (nSPS) is 11.1. The number of rotatable bonds is 2. The number of hydrogen-bond acceptors (Lipinski definition) is 3. The zero-order valence-corrected chi connectivity index (χ0v) is 9.09. The van der Waals surface area contributed by atoms with E-state index >= 15 is 0 Å². The highest BCUT2D eigenvalue weighted by molar-refractivity contribution is 6.30. The minimum absolute atomic E-state index is 0.311. The van der Waals surface area contributed by atoms with Gasteiger partial charge in [-0.15, -0.1) is 0 Å². The van der Waals surface area contributed by atoms with Gasteiger partial charge in [0.15, 0.2) is 0 Å². The Kier molecular flexibility index (Phi) is 3.10. The van der Waals surface area contributed by atoms with Gasteiger partial charge in [0, 0.05) is 12.7 Å². The van der Waals surface area contributed by atoms with Crippen LogP contribution in [0, 0.1) is 11.3 Å². The molecule has 0 amide bonds. The van der Waals surface area contributed by atoms with Gasteiger partial charge in [0.2, 0.25) is 0 Å². The number of nitrogens with zero attached hydrogens (tertiary/aromatic N) is 2. The van der Waals surface area contributed by atoms with Crippen LogP contribution in [-0.2, 0) is 10.3 Å². The van der Waals surface area contributed by atoms with Gasteiger partial charge in [-0.05, 0) is 19.9 Å². The summed E-state index contributed by atoms with van der Waals surface area (Å²) in [5.41, 5.74) is 0.601. The summed E-state index contributed by atoms with van der Waals surface area (Å²) in [6.07, 6.45) is 0. The Morgan fingerprint density at radius 1 is 1.50 bits per heavy atom. The summed E-state index contributed by atoms with van der Waals surface area (Å²) in [6, 6.07) is 5.32. The van der Waals surface area contributed by atoms with Crippen LogP contribution in [-0.4, -0.2) is 12.1 Å². The monoisotopic (exact) mass is 210 g/mol. The van der Waals surface area contributed by atoms with Gasteiger partial charge in [-0.2, -0.15) is 5.26 Å². The number of pyridine rings is 1. The first-order chi connectivity index (χ1) is 6.51. The van der Waals surface area contributed by atoms with E-state index in [4.69, 9.17) is 21.6 Å². The molecule has 0 saturated carbocycles. The van der Waals surface area contributed by atoms with Gasteiger partial charge in [0.1, 0.15) is 16.9 Å². The first-order valence-electron chi connectivity index (χ1n) is 4.13. The SMILES string of the molecule is COC(C)(C)c1ccc(C#N)nc1Cl. The van der Waals surface area contributed by atoms with Gasteiger partial charge < -0.3 is 4.74 Å². The Morgan fingerprint density at radius 3 is 2.57 bits per heavy atom. The number of methoxy groups -OCH3 is 1. The topological polar surface area (TPSA) is 45.9 Å². The summed E-state index contributed by atoms with van der Waals surface area (Å²) >= 11 is 5.93. The highest BCUT2D eigenvalue weighted by Gasteiger charge is 2.23. The largest absolute Gasteiger partial charge is 0.374 e. The minimum atomic E-state index is -0.488. The van der Waals surface area contributed by atoms with E-state index in [0.29, 0.717) is 10.8 Å². The fourth-order valence-electron chi connectivity index (χ4n) is 1.06. The second kappa shape index (κ2) is 3.95. The zero-order chi connectivity index (χ0) is 10.8. The second-order valence-electron chi connectivity index (χ2n) is 3.36. The Labute approximate surface area is 88.3 Å². The molecule has 1 heterocycles. The van der Waals surface area contributed by atoms with Gasteiger partial charge in [-0.1, -0.05) is 17.7 Å². The van der Waals surface area contributed by atoms with Crippen LogP contribution in [0.15, 0.2) is 12.1 Å². The van der Waals surface area contributed by atoms with Crippen molar-refractivity contribution in [2.24, 2.45) is 0 Å². The van der Waals surface area contributed by atoms with E-state index < -0.39 is 5.60 Å². The summed E-state index contributed by atoms with van der Waals surface area (Å²) in [5, 5.41) is 8.93. The molecule has 74 valence electrons. The molecule has 0 radical (unpaired) electrons. The van der Waals surface area contributed by atoms with Crippen molar-refractivity contribution in [2.45, 2.75) is 19.4 Å². The molecule has 1 rings (SSSR count). The van der Waals surface area contributed by atoms with Crippen molar-refractivity contribution in [3.8, 4) is 6.07 Å². The lowest BCUT2D eigenvalue weighted by Gasteiger charge is -2.23. The lowest BCUT2D eigenvalue weighted by molar-refractivity contribution is 0.0190. The number of halogens is 1. The van der Waals surface area contributed by atoms with E-state index in [2.05, 4.69) is 4.98 Å². The third-order valence-corrected chi connectivity index (χ3v) is 2.41. The standard InChI is InChI=1S/C10H11ClN2O/c1-10(2,14-3)8-5-4-7(6-12)13-9(8)11/h4-5H,1-3H3. The first kappa shape index (κ1) is 11.0. The van der Waals surface area contributed by atoms with Crippen LogP contribution in [0.4, 0.5) is 0 Å². The third kappa shape index (κ3) is 2.03. The summed E-state index contributed by atoms with van der Waals surface area (Å²) in [6.45, 7) is 3.78.